The standard InChI is InChI=1S/C17H22N6OS/c1-10-15-19-20-16(12-4-2-3-5-12)23(15)9-8-22(10)17(24)14-13(11-6-7-11)18-21-25-14/h10-12H,2-9H2,1H3. The van der Waals surface area contributed by atoms with E-state index in [1.54, 1.807) is 0 Å². The summed E-state index contributed by atoms with van der Waals surface area (Å²) in [5.41, 5.74) is 0.904. The van der Waals surface area contributed by atoms with Gasteiger partial charge in [-0.2, -0.15) is 0 Å². The molecule has 0 spiro atoms. The van der Waals surface area contributed by atoms with Crippen molar-refractivity contribution >= 4 is 17.4 Å². The predicted molar refractivity (Wildman–Crippen MR) is 92.6 cm³/mol. The van der Waals surface area contributed by atoms with Gasteiger partial charge in [-0.25, -0.2) is 0 Å². The molecule has 3 heterocycles. The summed E-state index contributed by atoms with van der Waals surface area (Å²) in [5, 5.41) is 13.2. The number of hydrogen-bond donors (Lipinski definition) is 0. The molecule has 132 valence electrons. The van der Waals surface area contributed by atoms with E-state index in [2.05, 4.69) is 31.3 Å². The van der Waals surface area contributed by atoms with Crippen molar-refractivity contribution in [1.82, 2.24) is 29.3 Å². The first kappa shape index (κ1) is 15.4. The van der Waals surface area contributed by atoms with Crippen molar-refractivity contribution in [1.29, 1.82) is 0 Å². The average molecular weight is 358 g/mol. The van der Waals surface area contributed by atoms with Gasteiger partial charge in [0, 0.05) is 24.9 Å². The second kappa shape index (κ2) is 5.86. The van der Waals surface area contributed by atoms with Crippen molar-refractivity contribution in [3.05, 3.63) is 22.2 Å². The lowest BCUT2D eigenvalue weighted by Crippen LogP contribution is -2.41. The summed E-state index contributed by atoms with van der Waals surface area (Å²) in [6.07, 6.45) is 7.25. The van der Waals surface area contributed by atoms with Crippen LogP contribution in [0.25, 0.3) is 0 Å². The molecule has 2 fully saturated rings. The predicted octanol–water partition coefficient (Wildman–Crippen LogP) is 2.88. The maximum atomic E-state index is 13.1. The van der Waals surface area contributed by atoms with Crippen LogP contribution >= 0.6 is 11.5 Å². The number of fused-ring (bicyclic) bond motifs is 1. The number of carbonyl (C=O) groups excluding carboxylic acids is 1. The lowest BCUT2D eigenvalue weighted by molar-refractivity contribution is 0.0639. The molecule has 1 aliphatic heterocycles. The molecular weight excluding hydrogens is 336 g/mol. The van der Waals surface area contributed by atoms with E-state index in [-0.39, 0.29) is 11.9 Å². The van der Waals surface area contributed by atoms with E-state index in [9.17, 15) is 4.79 Å². The van der Waals surface area contributed by atoms with E-state index in [0.29, 0.717) is 18.4 Å². The Balaban J connectivity index is 1.42. The van der Waals surface area contributed by atoms with Crippen molar-refractivity contribution < 1.29 is 4.79 Å². The van der Waals surface area contributed by atoms with Gasteiger partial charge in [0.25, 0.3) is 5.91 Å². The van der Waals surface area contributed by atoms with Gasteiger partial charge in [0.15, 0.2) is 5.82 Å². The maximum absolute atomic E-state index is 13.1. The Bertz CT molecular complexity index is 804. The zero-order chi connectivity index (χ0) is 17.0. The molecule has 5 rings (SSSR count). The van der Waals surface area contributed by atoms with Crippen molar-refractivity contribution in [2.45, 2.75) is 69.9 Å². The molecule has 2 aliphatic carbocycles. The van der Waals surface area contributed by atoms with Gasteiger partial charge >= 0.3 is 0 Å². The number of nitrogens with zero attached hydrogens (tertiary/aromatic N) is 6. The average Bonchev–Trinajstić information content (AvgIpc) is 3.07. The van der Waals surface area contributed by atoms with Crippen molar-refractivity contribution in [3.8, 4) is 0 Å². The first-order chi connectivity index (χ1) is 12.2. The quantitative estimate of drug-likeness (QED) is 0.843. The second-order valence-corrected chi connectivity index (χ2v) is 8.24. The van der Waals surface area contributed by atoms with Gasteiger partial charge in [0.05, 0.1) is 11.7 Å². The van der Waals surface area contributed by atoms with Crippen LogP contribution in [0.5, 0.6) is 0 Å². The van der Waals surface area contributed by atoms with E-state index < -0.39 is 0 Å². The van der Waals surface area contributed by atoms with E-state index in [0.717, 1.165) is 41.6 Å². The van der Waals surface area contributed by atoms with Crippen LogP contribution in [0.15, 0.2) is 0 Å². The molecule has 2 aromatic rings. The van der Waals surface area contributed by atoms with Crippen LogP contribution in [0.2, 0.25) is 0 Å². The third-order valence-electron chi connectivity index (χ3n) is 5.87. The number of hydrogen-bond acceptors (Lipinski definition) is 6. The van der Waals surface area contributed by atoms with E-state index in [1.165, 1.54) is 37.2 Å². The van der Waals surface area contributed by atoms with Gasteiger partial charge in [-0.05, 0) is 44.1 Å². The smallest absolute Gasteiger partial charge is 0.268 e. The topological polar surface area (TPSA) is 76.8 Å². The molecule has 0 aromatic carbocycles. The minimum atomic E-state index is -0.0574. The molecule has 0 radical (unpaired) electrons. The third kappa shape index (κ3) is 2.49. The summed E-state index contributed by atoms with van der Waals surface area (Å²) in [6.45, 7) is 3.54. The van der Waals surface area contributed by atoms with Gasteiger partial charge in [-0.3, -0.25) is 4.79 Å². The summed E-state index contributed by atoms with van der Waals surface area (Å²) < 4.78 is 6.30. The molecule has 1 atom stereocenters. The summed E-state index contributed by atoms with van der Waals surface area (Å²) >= 11 is 1.23. The van der Waals surface area contributed by atoms with Crippen LogP contribution in [-0.4, -0.2) is 41.7 Å². The van der Waals surface area contributed by atoms with Gasteiger partial charge < -0.3 is 9.47 Å². The van der Waals surface area contributed by atoms with Crippen LogP contribution < -0.4 is 0 Å². The van der Waals surface area contributed by atoms with Gasteiger partial charge in [0.2, 0.25) is 0 Å². The molecule has 1 unspecified atom stereocenters. The highest BCUT2D eigenvalue weighted by Gasteiger charge is 2.38. The molecule has 0 bridgehead atoms. The first-order valence-corrected chi connectivity index (χ1v) is 10.1. The van der Waals surface area contributed by atoms with Gasteiger partial charge in [-0.15, -0.1) is 15.3 Å². The Morgan fingerprint density at radius 1 is 1.00 bits per heavy atom. The van der Waals surface area contributed by atoms with Gasteiger partial charge in [0.1, 0.15) is 10.7 Å². The van der Waals surface area contributed by atoms with E-state index in [4.69, 9.17) is 0 Å². The van der Waals surface area contributed by atoms with Crippen LogP contribution in [0, 0.1) is 0 Å². The maximum Gasteiger partial charge on any atom is 0.268 e. The number of carbonyl (C=O) groups is 1. The second-order valence-electron chi connectivity index (χ2n) is 7.49. The third-order valence-corrected chi connectivity index (χ3v) is 6.60. The Labute approximate surface area is 150 Å². The summed E-state index contributed by atoms with van der Waals surface area (Å²) in [5.74, 6) is 3.09. The zero-order valence-corrected chi connectivity index (χ0v) is 15.2. The van der Waals surface area contributed by atoms with Crippen LogP contribution in [-0.2, 0) is 6.54 Å². The minimum Gasteiger partial charge on any atom is -0.326 e. The van der Waals surface area contributed by atoms with Crippen molar-refractivity contribution in [2.75, 3.05) is 6.54 Å². The summed E-state index contributed by atoms with van der Waals surface area (Å²) in [4.78, 5) is 15.7. The lowest BCUT2D eigenvalue weighted by atomic mass is 10.1. The fourth-order valence-electron chi connectivity index (χ4n) is 4.27. The summed E-state index contributed by atoms with van der Waals surface area (Å²) in [6, 6.07) is -0.0574. The van der Waals surface area contributed by atoms with Crippen LogP contribution in [0.3, 0.4) is 0 Å². The molecule has 0 saturated heterocycles. The number of rotatable bonds is 3. The Morgan fingerprint density at radius 2 is 1.76 bits per heavy atom. The fraction of sp³-hybridized carbons (Fsp3) is 0.706. The monoisotopic (exact) mass is 358 g/mol. The van der Waals surface area contributed by atoms with Crippen molar-refractivity contribution in [3.63, 3.8) is 0 Å². The molecule has 7 nitrogen and oxygen atoms in total. The molecule has 2 saturated carbocycles. The number of aromatic nitrogens is 5. The van der Waals surface area contributed by atoms with Crippen LogP contribution in [0.4, 0.5) is 0 Å². The largest absolute Gasteiger partial charge is 0.326 e. The van der Waals surface area contributed by atoms with Gasteiger partial charge in [-0.1, -0.05) is 17.3 Å². The number of amides is 1. The highest BCUT2D eigenvalue weighted by molar-refractivity contribution is 7.08. The minimum absolute atomic E-state index is 0.0565. The molecular formula is C17H22N6OS. The molecule has 8 heteroatoms. The van der Waals surface area contributed by atoms with E-state index in [1.807, 2.05) is 4.90 Å². The lowest BCUT2D eigenvalue weighted by Gasteiger charge is -2.33. The SMILES string of the molecule is CC1c2nnc(C3CCCC3)n2CCN1C(=O)c1snnc1C1CC1. The van der Waals surface area contributed by atoms with Crippen molar-refractivity contribution in [2.24, 2.45) is 0 Å². The molecule has 0 N–H and O–H groups in total. The zero-order valence-electron chi connectivity index (χ0n) is 14.4. The normalized spacial score (nSPS) is 23.9. The molecule has 1 amide bonds. The van der Waals surface area contributed by atoms with E-state index >= 15 is 0 Å². The Kier molecular flexibility index (Phi) is 3.62. The Hall–Kier alpha value is -1.83. The fourth-order valence-corrected chi connectivity index (χ4v) is 4.98. The summed E-state index contributed by atoms with van der Waals surface area (Å²) in [7, 11) is 0. The first-order valence-electron chi connectivity index (χ1n) is 9.30. The highest BCUT2D eigenvalue weighted by atomic mass is 32.1. The van der Waals surface area contributed by atoms with Crippen LogP contribution in [0.1, 0.15) is 90.3 Å². The molecule has 3 aliphatic rings. The molecule has 2 aromatic heterocycles. The Morgan fingerprint density at radius 3 is 2.52 bits per heavy atom. The molecule has 25 heavy (non-hydrogen) atoms. The highest BCUT2D eigenvalue weighted by Crippen LogP contribution is 2.42.